The number of hydrogen-bond acceptors (Lipinski definition) is 7. The van der Waals surface area contributed by atoms with Crippen LogP contribution in [-0.4, -0.2) is 34.9 Å². The number of thiophene rings is 1. The van der Waals surface area contributed by atoms with Crippen LogP contribution >= 0.6 is 11.3 Å². The maximum absolute atomic E-state index is 13.7. The fourth-order valence-corrected chi connectivity index (χ4v) is 4.72. The number of halogens is 1. The molecule has 0 aliphatic carbocycles. The third kappa shape index (κ3) is 3.93. The third-order valence-electron chi connectivity index (χ3n) is 5.02. The number of rotatable bonds is 6. The summed E-state index contributed by atoms with van der Waals surface area (Å²) in [5.41, 5.74) is 2.19. The molecule has 0 fully saturated rings. The van der Waals surface area contributed by atoms with Crippen LogP contribution in [0.5, 0.6) is 0 Å². The lowest BCUT2D eigenvalue weighted by Gasteiger charge is -2.09. The molecule has 5 aromatic rings. The zero-order valence-corrected chi connectivity index (χ0v) is 18.2. The molecule has 4 N–H and O–H groups in total. The van der Waals surface area contributed by atoms with Gasteiger partial charge in [0.1, 0.15) is 22.1 Å². The monoisotopic (exact) mass is 468 g/mol. The number of anilines is 1. The summed E-state index contributed by atoms with van der Waals surface area (Å²) in [6, 6.07) is 9.82. The van der Waals surface area contributed by atoms with E-state index in [0.717, 1.165) is 22.0 Å². The Morgan fingerprint density at radius 3 is 2.72 bits per heavy atom. The smallest absolute Gasteiger partial charge is 0.238 e. The normalized spacial score (nSPS) is 11.9. The summed E-state index contributed by atoms with van der Waals surface area (Å²) in [6.07, 6.45) is 3.54. The lowest BCUT2D eigenvalue weighted by Crippen LogP contribution is -2.12. The van der Waals surface area contributed by atoms with Crippen molar-refractivity contribution in [3.8, 4) is 11.4 Å². The predicted molar refractivity (Wildman–Crippen MR) is 122 cm³/mol. The van der Waals surface area contributed by atoms with Crippen molar-refractivity contribution in [1.29, 1.82) is 0 Å². The van der Waals surface area contributed by atoms with Gasteiger partial charge in [-0.05, 0) is 41.6 Å². The highest BCUT2D eigenvalue weighted by molar-refractivity contribution is 7.89. The molecular weight excluding hydrogens is 451 g/mol. The van der Waals surface area contributed by atoms with Crippen molar-refractivity contribution in [2.45, 2.75) is 11.3 Å². The number of sulfonamides is 1. The van der Waals surface area contributed by atoms with Crippen molar-refractivity contribution in [1.82, 2.24) is 19.9 Å². The van der Waals surface area contributed by atoms with Crippen LogP contribution in [0.15, 0.2) is 59.1 Å². The van der Waals surface area contributed by atoms with Gasteiger partial charge in [0.25, 0.3) is 0 Å². The van der Waals surface area contributed by atoms with Gasteiger partial charge in [0, 0.05) is 23.7 Å². The number of nitrogens with zero attached hydrogens (tertiary/aromatic N) is 3. The molecule has 0 aliphatic rings. The Morgan fingerprint density at radius 1 is 1.12 bits per heavy atom. The van der Waals surface area contributed by atoms with Crippen molar-refractivity contribution >= 4 is 48.4 Å². The van der Waals surface area contributed by atoms with E-state index >= 15 is 0 Å². The van der Waals surface area contributed by atoms with Crippen molar-refractivity contribution in [2.75, 3.05) is 11.9 Å². The van der Waals surface area contributed by atoms with Gasteiger partial charge in [-0.2, -0.15) is 0 Å². The first-order valence-electron chi connectivity index (χ1n) is 9.62. The minimum atomic E-state index is -3.71. The summed E-state index contributed by atoms with van der Waals surface area (Å²) in [5.74, 6) is 0.715. The van der Waals surface area contributed by atoms with E-state index in [1.807, 2.05) is 11.4 Å². The Labute approximate surface area is 186 Å². The number of nitrogens with one attached hydrogen (secondary N) is 2. The molecule has 0 unspecified atom stereocenters. The molecule has 1 aromatic carbocycles. The van der Waals surface area contributed by atoms with Crippen molar-refractivity contribution in [3.05, 3.63) is 65.6 Å². The summed E-state index contributed by atoms with van der Waals surface area (Å²) in [7, 11) is -3.71. The largest absolute Gasteiger partial charge is 0.369 e. The number of aromatic amines is 1. The number of nitrogens with two attached hydrogens (primary N) is 1. The average Bonchev–Trinajstić information content (AvgIpc) is 3.40. The predicted octanol–water partition coefficient (Wildman–Crippen LogP) is 3.68. The second kappa shape index (κ2) is 7.93. The van der Waals surface area contributed by atoms with Crippen LogP contribution in [0.2, 0.25) is 0 Å². The standard InChI is InChI=1S/C21H17FN6O2S2/c22-13-9-16-17(11-26-18(16)25-10-13)20-27-19(15-6-8-31-21(15)28-20)24-7-5-12-1-3-14(4-2-12)32(23,29)30/h1-4,6,8-11H,5,7H2,(H,25,26)(H2,23,29,30)(H,24,27,28). The number of pyridine rings is 1. The summed E-state index contributed by atoms with van der Waals surface area (Å²) >= 11 is 1.50. The van der Waals surface area contributed by atoms with Gasteiger partial charge in [-0.15, -0.1) is 11.3 Å². The SMILES string of the molecule is NS(=O)(=O)c1ccc(CCNc2nc(-c3c[nH]c4ncc(F)cc34)nc3sccc23)cc1. The molecule has 0 saturated heterocycles. The third-order valence-corrected chi connectivity index (χ3v) is 6.76. The Morgan fingerprint density at radius 2 is 1.94 bits per heavy atom. The van der Waals surface area contributed by atoms with Crippen LogP contribution in [0.3, 0.4) is 0 Å². The van der Waals surface area contributed by atoms with E-state index in [0.29, 0.717) is 41.2 Å². The lowest BCUT2D eigenvalue weighted by molar-refractivity contribution is 0.597. The van der Waals surface area contributed by atoms with Gasteiger partial charge in [-0.3, -0.25) is 0 Å². The van der Waals surface area contributed by atoms with Crippen LogP contribution in [0.4, 0.5) is 10.2 Å². The fourth-order valence-electron chi connectivity index (χ4n) is 3.44. The van der Waals surface area contributed by atoms with Crippen molar-refractivity contribution < 1.29 is 12.8 Å². The first-order valence-corrected chi connectivity index (χ1v) is 12.0. The first-order chi connectivity index (χ1) is 15.4. The maximum Gasteiger partial charge on any atom is 0.238 e. The minimum absolute atomic E-state index is 0.0827. The molecule has 0 aliphatic heterocycles. The molecule has 32 heavy (non-hydrogen) atoms. The number of primary sulfonamides is 1. The number of benzene rings is 1. The number of H-pyrrole nitrogens is 1. The van der Waals surface area contributed by atoms with E-state index in [4.69, 9.17) is 10.1 Å². The van der Waals surface area contributed by atoms with Gasteiger partial charge in [0.2, 0.25) is 10.0 Å². The van der Waals surface area contributed by atoms with Crippen LogP contribution in [0.25, 0.3) is 32.6 Å². The Kier molecular flexibility index (Phi) is 5.08. The van der Waals surface area contributed by atoms with Gasteiger partial charge in [0.15, 0.2) is 5.82 Å². The van der Waals surface area contributed by atoms with Crippen molar-refractivity contribution in [3.63, 3.8) is 0 Å². The fraction of sp³-hybridized carbons (Fsp3) is 0.0952. The highest BCUT2D eigenvalue weighted by atomic mass is 32.2. The Hall–Kier alpha value is -3.41. The number of hydrogen-bond donors (Lipinski definition) is 3. The van der Waals surface area contributed by atoms with E-state index in [9.17, 15) is 12.8 Å². The highest BCUT2D eigenvalue weighted by Crippen LogP contribution is 2.31. The molecule has 0 saturated carbocycles. The molecule has 0 amide bonds. The molecule has 5 rings (SSSR count). The van der Waals surface area contributed by atoms with Crippen LogP contribution in [0.1, 0.15) is 5.56 Å². The van der Waals surface area contributed by atoms with E-state index in [1.54, 1.807) is 18.3 Å². The second-order valence-corrected chi connectivity index (χ2v) is 9.61. The lowest BCUT2D eigenvalue weighted by atomic mass is 10.1. The van der Waals surface area contributed by atoms with E-state index in [1.165, 1.54) is 29.5 Å². The molecule has 0 bridgehead atoms. The molecule has 0 radical (unpaired) electrons. The summed E-state index contributed by atoms with van der Waals surface area (Å²) in [5, 5.41) is 11.9. The van der Waals surface area contributed by atoms with Gasteiger partial charge in [-0.1, -0.05) is 12.1 Å². The zero-order chi connectivity index (χ0) is 22.3. The minimum Gasteiger partial charge on any atom is -0.369 e. The highest BCUT2D eigenvalue weighted by Gasteiger charge is 2.15. The topological polar surface area (TPSA) is 127 Å². The van der Waals surface area contributed by atoms with Gasteiger partial charge in [-0.25, -0.2) is 32.9 Å². The second-order valence-electron chi connectivity index (χ2n) is 7.15. The van der Waals surface area contributed by atoms with Crippen LogP contribution in [-0.2, 0) is 16.4 Å². The Balaban J connectivity index is 1.42. The van der Waals surface area contributed by atoms with Gasteiger partial charge >= 0.3 is 0 Å². The molecule has 8 nitrogen and oxygen atoms in total. The molecule has 11 heteroatoms. The average molecular weight is 469 g/mol. The molecule has 4 aromatic heterocycles. The van der Waals surface area contributed by atoms with Gasteiger partial charge in [0.05, 0.1) is 16.5 Å². The van der Waals surface area contributed by atoms with Crippen molar-refractivity contribution in [2.24, 2.45) is 5.14 Å². The Bertz CT molecular complexity index is 1540. The molecule has 0 atom stereocenters. The molecular formula is C21H17FN6O2S2. The van der Waals surface area contributed by atoms with Crippen LogP contribution in [0, 0.1) is 5.82 Å². The molecule has 4 heterocycles. The van der Waals surface area contributed by atoms with E-state index < -0.39 is 15.8 Å². The summed E-state index contributed by atoms with van der Waals surface area (Å²) in [4.78, 5) is 17.3. The quantitative estimate of drug-likeness (QED) is 0.349. The van der Waals surface area contributed by atoms with E-state index in [-0.39, 0.29) is 4.90 Å². The number of fused-ring (bicyclic) bond motifs is 2. The summed E-state index contributed by atoms with van der Waals surface area (Å²) in [6.45, 7) is 0.570. The first kappa shape index (κ1) is 20.5. The van der Waals surface area contributed by atoms with E-state index in [2.05, 4.69) is 20.3 Å². The zero-order valence-electron chi connectivity index (χ0n) is 16.5. The van der Waals surface area contributed by atoms with Gasteiger partial charge < -0.3 is 10.3 Å². The molecule has 162 valence electrons. The molecule has 0 spiro atoms. The summed E-state index contributed by atoms with van der Waals surface area (Å²) < 4.78 is 36.5. The maximum atomic E-state index is 13.7. The number of aromatic nitrogens is 4. The van der Waals surface area contributed by atoms with Crippen LogP contribution < -0.4 is 10.5 Å².